The van der Waals surface area contributed by atoms with Crippen LogP contribution in [0, 0.1) is 23.3 Å². The average Bonchev–Trinajstić information content (AvgIpc) is 4.28. The van der Waals surface area contributed by atoms with Crippen LogP contribution in [-0.4, -0.2) is 206 Å². The van der Waals surface area contributed by atoms with Crippen LogP contribution in [0.4, 0.5) is 38.0 Å². The number of rotatable bonds is 15. The van der Waals surface area contributed by atoms with Crippen LogP contribution in [0.5, 0.6) is 0 Å². The molecule has 27 heteroatoms. The monoisotopic (exact) mass is 1140 g/mol. The number of aliphatic hydroxyl groups excluding tert-OH is 2. The van der Waals surface area contributed by atoms with Crippen molar-refractivity contribution in [2.75, 3.05) is 82.9 Å². The Morgan fingerprint density at radius 2 is 1.25 bits per heavy atom. The number of nitrogens with one attached hydrogen (secondary N) is 2. The summed E-state index contributed by atoms with van der Waals surface area (Å²) in [6.07, 6.45) is -1.79. The van der Waals surface area contributed by atoms with Gasteiger partial charge in [0.25, 0.3) is 11.8 Å². The molecule has 0 spiro atoms. The summed E-state index contributed by atoms with van der Waals surface area (Å²) in [6, 6.07) is 4.61. The lowest BCUT2D eigenvalue weighted by Gasteiger charge is -2.34. The third-order valence-corrected chi connectivity index (χ3v) is 17.6. The van der Waals surface area contributed by atoms with Crippen molar-refractivity contribution in [3.05, 3.63) is 100 Å². The number of benzene rings is 2. The van der Waals surface area contributed by atoms with Gasteiger partial charge in [0.2, 0.25) is 0 Å². The second kappa shape index (κ2) is 23.0. The van der Waals surface area contributed by atoms with Gasteiger partial charge in [-0.15, -0.1) is 0 Å². The zero-order valence-corrected chi connectivity index (χ0v) is 45.3. The van der Waals surface area contributed by atoms with Crippen molar-refractivity contribution in [2.24, 2.45) is 4.99 Å². The van der Waals surface area contributed by atoms with Crippen LogP contribution >= 0.6 is 0 Å². The molecule has 6 saturated heterocycles. The minimum absolute atomic E-state index is 0.0138. The smallest absolute Gasteiger partial charge is 0.275 e. The summed E-state index contributed by atoms with van der Waals surface area (Å²) in [5.41, 5.74) is 1.04. The van der Waals surface area contributed by atoms with Gasteiger partial charge in [0, 0.05) is 64.8 Å². The van der Waals surface area contributed by atoms with Crippen LogP contribution in [0.2, 0.25) is 25.7 Å². The minimum Gasteiger partial charge on any atom is -0.390 e. The minimum atomic E-state index is -1.44. The van der Waals surface area contributed by atoms with Gasteiger partial charge < -0.3 is 44.9 Å². The lowest BCUT2D eigenvalue weighted by molar-refractivity contribution is -0.125. The number of hydrogen-bond acceptors (Lipinski definition) is 17. The molecule has 7 aliphatic rings. The number of carbonyl (C=O) groups is 2. The fourth-order valence-electron chi connectivity index (χ4n) is 11.3. The Morgan fingerprint density at radius 1 is 0.713 bits per heavy atom. The van der Waals surface area contributed by atoms with Crippen LogP contribution in [-0.2, 0) is 32.3 Å². The molecule has 3 aromatic heterocycles. The number of aliphatic hydroxyl groups is 2. The molecule has 6 fully saturated rings. The molecule has 0 aliphatic carbocycles. The lowest BCUT2D eigenvalue weighted by Crippen LogP contribution is -2.48. The Labute approximate surface area is 457 Å². The molecular formula is C53H63F6N13O7Si. The molecule has 12 rings (SSSR count). The van der Waals surface area contributed by atoms with Crippen molar-refractivity contribution in [1.82, 2.24) is 49.3 Å². The SMILES string of the molecule is C[Si](C)(C)CCOCn1nc(C(=O)N2C[C@@H](F)C[C@@H]2c2cc(F)ccc2F)c2c(N[C@@H]3CN(C4COC4)C[C@H]3O)ncnc21.O=C(C1=NCc2ncnc(N[C@@H]3CN(C4COC4)C[C@H]3O)c21)N1C[C@@H](F)C[C@@H]1c1cc(F)ccc1F. The maximum atomic E-state index is 14.8. The highest BCUT2D eigenvalue weighted by atomic mass is 28.3. The maximum Gasteiger partial charge on any atom is 0.275 e. The molecule has 5 aromatic rings. The summed E-state index contributed by atoms with van der Waals surface area (Å²) in [7, 11) is -1.36. The lowest BCUT2D eigenvalue weighted by atomic mass is 10.0. The number of hydrogen-bond donors (Lipinski definition) is 4. The Kier molecular flexibility index (Phi) is 16.0. The van der Waals surface area contributed by atoms with Crippen LogP contribution < -0.4 is 10.6 Å². The van der Waals surface area contributed by atoms with Gasteiger partial charge in [-0.05, 0) is 42.4 Å². The molecule has 0 saturated carbocycles. The number of aliphatic imine (C=N–C) groups is 1. The van der Waals surface area contributed by atoms with Crippen molar-refractivity contribution in [1.29, 1.82) is 0 Å². The first-order valence-electron chi connectivity index (χ1n) is 26.9. The van der Waals surface area contributed by atoms with E-state index in [1.165, 1.54) is 27.1 Å². The summed E-state index contributed by atoms with van der Waals surface area (Å²) in [5, 5.41) is 32.9. The van der Waals surface area contributed by atoms with E-state index in [4.69, 9.17) is 14.2 Å². The third-order valence-electron chi connectivity index (χ3n) is 15.9. The zero-order chi connectivity index (χ0) is 56.1. The first-order valence-corrected chi connectivity index (χ1v) is 30.6. The largest absolute Gasteiger partial charge is 0.390 e. The maximum absolute atomic E-state index is 14.8. The van der Waals surface area contributed by atoms with Crippen LogP contribution in [0.1, 0.15) is 57.8 Å². The van der Waals surface area contributed by atoms with E-state index in [0.29, 0.717) is 81.9 Å². The summed E-state index contributed by atoms with van der Waals surface area (Å²) < 4.78 is 105. The second-order valence-electron chi connectivity index (χ2n) is 22.7. The molecule has 80 heavy (non-hydrogen) atoms. The highest BCUT2D eigenvalue weighted by molar-refractivity contribution is 6.76. The number of aromatic nitrogens is 6. The summed E-state index contributed by atoms with van der Waals surface area (Å²) in [4.78, 5) is 56.3. The van der Waals surface area contributed by atoms with Gasteiger partial charge in [-0.25, -0.2) is 51.0 Å². The summed E-state index contributed by atoms with van der Waals surface area (Å²) in [5.74, 6) is -3.40. The van der Waals surface area contributed by atoms with Crippen LogP contribution in [0.25, 0.3) is 11.0 Å². The molecule has 4 N–H and O–H groups in total. The number of β-amino-alcohol motifs (C(OH)–C–C–N with tert-alkyl or cyclic N) is 2. The first kappa shape index (κ1) is 55.7. The highest BCUT2D eigenvalue weighted by Crippen LogP contribution is 2.40. The number of fused-ring (bicyclic) bond motifs is 2. The average molecular weight is 1140 g/mol. The van der Waals surface area contributed by atoms with Crippen molar-refractivity contribution in [2.45, 2.75) is 113 Å². The van der Waals surface area contributed by atoms with E-state index in [2.05, 4.69) is 70.1 Å². The van der Waals surface area contributed by atoms with Gasteiger partial charge in [-0.2, -0.15) is 5.10 Å². The molecule has 8 atom stereocenters. The third kappa shape index (κ3) is 11.5. The van der Waals surface area contributed by atoms with Crippen molar-refractivity contribution >= 4 is 48.3 Å². The van der Waals surface area contributed by atoms with Crippen LogP contribution in [0.15, 0.2) is 54.0 Å². The van der Waals surface area contributed by atoms with Gasteiger partial charge in [0.15, 0.2) is 11.3 Å². The number of carbonyl (C=O) groups excluding carboxylic acids is 2. The summed E-state index contributed by atoms with van der Waals surface area (Å²) >= 11 is 0. The number of anilines is 2. The van der Waals surface area contributed by atoms with E-state index in [-0.39, 0.29) is 91.1 Å². The number of ether oxygens (including phenoxy) is 3. The Balaban J connectivity index is 0.000000172. The Morgan fingerprint density at radius 3 is 1.80 bits per heavy atom. The van der Waals surface area contributed by atoms with E-state index in [9.17, 15) is 46.1 Å². The number of likely N-dealkylation sites (tertiary alicyclic amines) is 4. The molecule has 7 aliphatic heterocycles. The predicted molar refractivity (Wildman–Crippen MR) is 281 cm³/mol. The molecule has 10 heterocycles. The Hall–Kier alpha value is -6.20. The molecule has 0 radical (unpaired) electrons. The fraction of sp³-hybridized carbons (Fsp3) is 0.547. The van der Waals surface area contributed by atoms with E-state index in [1.807, 2.05) is 0 Å². The standard InChI is InChI=1S/C29H38F3N7O4Si.C24H25F3N6O3/c1-44(2,3)7-6-42-16-39-28-25(27(33-15-34-28)35-22-11-37(12-24(22)40)19-13-43-14-19)26(36-39)29(41)38-10-18(31)9-23(38)20-8-17(30)4-5-21(20)32;25-12-1-2-16(27)15(3-12)19-4-13(26)6-33(19)24(35)22-21-17(5-28-22)29-11-30-23(21)31-18-7-32(8-20(18)34)14-9-36-10-14/h4-5,8,15,18-19,22-24,40H,6-7,9-14,16H2,1-3H3,(H,33,34,35);1-3,11,13-14,18-20,34H,4-10H2,(H,29,30,31)/t18-,22+,23+,24+;13-,18+,19+,20+/m00/s1. The van der Waals surface area contributed by atoms with Gasteiger partial charge in [-0.3, -0.25) is 24.4 Å². The Bertz CT molecular complexity index is 3150. The number of nitrogens with zero attached hydrogens (tertiary/aromatic N) is 11. The molecular weight excluding hydrogens is 1070 g/mol. The molecule has 2 amide bonds. The van der Waals surface area contributed by atoms with Crippen molar-refractivity contribution < 1.29 is 60.4 Å². The highest BCUT2D eigenvalue weighted by Gasteiger charge is 2.45. The number of halogens is 6. The predicted octanol–water partition coefficient (Wildman–Crippen LogP) is 4.42. The van der Waals surface area contributed by atoms with Crippen LogP contribution in [0.3, 0.4) is 0 Å². The number of alkyl halides is 2. The molecule has 0 bridgehead atoms. The molecule has 428 valence electrons. The van der Waals surface area contributed by atoms with Gasteiger partial charge in [0.1, 0.15) is 72.3 Å². The quantitative estimate of drug-likeness (QED) is 0.0648. The van der Waals surface area contributed by atoms with Crippen molar-refractivity contribution in [3.63, 3.8) is 0 Å². The topological polar surface area (TPSA) is 221 Å². The summed E-state index contributed by atoms with van der Waals surface area (Å²) in [6.45, 7) is 11.4. The van der Waals surface area contributed by atoms with Crippen molar-refractivity contribution in [3.8, 4) is 0 Å². The van der Waals surface area contributed by atoms with E-state index in [1.54, 1.807) is 0 Å². The number of amides is 2. The van der Waals surface area contributed by atoms with E-state index >= 15 is 0 Å². The van der Waals surface area contributed by atoms with E-state index in [0.717, 1.165) is 42.4 Å². The zero-order valence-electron chi connectivity index (χ0n) is 44.3. The fourth-order valence-corrected chi connectivity index (χ4v) is 12.1. The second-order valence-corrected chi connectivity index (χ2v) is 28.3. The first-order chi connectivity index (χ1) is 38.4. The van der Waals surface area contributed by atoms with Gasteiger partial charge in [-0.1, -0.05) is 19.6 Å². The van der Waals surface area contributed by atoms with Gasteiger partial charge >= 0.3 is 0 Å². The molecule has 20 nitrogen and oxygen atoms in total. The molecule has 2 aromatic carbocycles. The molecule has 0 unspecified atom stereocenters. The normalized spacial score (nSPS) is 26.3. The van der Waals surface area contributed by atoms with E-state index < -0.39 is 85.8 Å². The van der Waals surface area contributed by atoms with Gasteiger partial charge in [0.05, 0.1) is 111 Å².